The average Bonchev–Trinajstić information content (AvgIpc) is 3.25. The van der Waals surface area contributed by atoms with Crippen LogP contribution in [-0.4, -0.2) is 92.0 Å². The van der Waals surface area contributed by atoms with Crippen molar-refractivity contribution in [1.29, 1.82) is 0 Å². The van der Waals surface area contributed by atoms with Crippen molar-refractivity contribution in [3.05, 3.63) is 29.8 Å². The van der Waals surface area contributed by atoms with Crippen molar-refractivity contribution in [3.8, 4) is 5.75 Å². The SMILES string of the molecule is COC[C@@H]1CCCN1C(=O)[C@@H]1CC(=O)N[C@@H](C)C(=O)N(C)CCOc2ccccc2C(=O)N1. The highest BCUT2D eigenvalue weighted by molar-refractivity contribution is 6.01. The van der Waals surface area contributed by atoms with Gasteiger partial charge in [0.1, 0.15) is 24.4 Å². The summed E-state index contributed by atoms with van der Waals surface area (Å²) in [5.41, 5.74) is 0.255. The zero-order valence-corrected chi connectivity index (χ0v) is 19.3. The molecule has 0 saturated carbocycles. The first-order valence-corrected chi connectivity index (χ1v) is 11.2. The second kappa shape index (κ2) is 11.1. The van der Waals surface area contributed by atoms with Crippen LogP contribution in [0.1, 0.15) is 36.5 Å². The predicted octanol–water partition coefficient (Wildman–Crippen LogP) is 0.168. The topological polar surface area (TPSA) is 117 Å². The Morgan fingerprint density at radius 2 is 1.94 bits per heavy atom. The van der Waals surface area contributed by atoms with Crippen LogP contribution in [0.5, 0.6) is 5.75 Å². The highest BCUT2D eigenvalue weighted by Crippen LogP contribution is 2.21. The first-order valence-electron chi connectivity index (χ1n) is 11.2. The lowest BCUT2D eigenvalue weighted by atomic mass is 10.1. The lowest BCUT2D eigenvalue weighted by molar-refractivity contribution is -0.138. The number of ether oxygens (including phenoxy) is 2. The predicted molar refractivity (Wildman–Crippen MR) is 120 cm³/mol. The first-order chi connectivity index (χ1) is 15.8. The van der Waals surface area contributed by atoms with E-state index in [2.05, 4.69) is 10.6 Å². The standard InChI is InChI=1S/C23H32N4O6/c1-15-22(30)26(2)11-12-33-19-9-5-4-8-17(19)21(29)25-18(13-20(28)24-15)23(31)27-10-6-7-16(27)14-32-3/h4-5,8-9,15-16,18H,6-7,10-14H2,1-3H3,(H,24,28)(H,25,29)/t15-,16-,18-/m0/s1. The molecular weight excluding hydrogens is 428 g/mol. The summed E-state index contributed by atoms with van der Waals surface area (Å²) in [6.45, 7) is 2.95. The van der Waals surface area contributed by atoms with E-state index in [0.717, 1.165) is 12.8 Å². The molecule has 3 rings (SSSR count). The molecule has 0 bridgehead atoms. The van der Waals surface area contributed by atoms with Crippen molar-refractivity contribution in [2.75, 3.05) is 40.5 Å². The van der Waals surface area contributed by atoms with Crippen molar-refractivity contribution < 1.29 is 28.7 Å². The van der Waals surface area contributed by atoms with Crippen molar-refractivity contribution in [3.63, 3.8) is 0 Å². The molecule has 3 atom stereocenters. The van der Waals surface area contributed by atoms with Crippen molar-refractivity contribution >= 4 is 23.6 Å². The molecule has 0 unspecified atom stereocenters. The van der Waals surface area contributed by atoms with Gasteiger partial charge in [-0.25, -0.2) is 0 Å². The third kappa shape index (κ3) is 6.01. The largest absolute Gasteiger partial charge is 0.491 e. The number of carbonyl (C=O) groups is 4. The summed E-state index contributed by atoms with van der Waals surface area (Å²) >= 11 is 0. The zero-order valence-electron chi connectivity index (χ0n) is 19.3. The highest BCUT2D eigenvalue weighted by atomic mass is 16.5. The number of carbonyl (C=O) groups excluding carboxylic acids is 4. The molecule has 33 heavy (non-hydrogen) atoms. The van der Waals surface area contributed by atoms with Crippen LogP contribution in [0.2, 0.25) is 0 Å². The van der Waals surface area contributed by atoms with E-state index in [0.29, 0.717) is 18.9 Å². The highest BCUT2D eigenvalue weighted by Gasteiger charge is 2.36. The fourth-order valence-corrected chi connectivity index (χ4v) is 4.19. The van der Waals surface area contributed by atoms with Crippen molar-refractivity contribution in [2.24, 2.45) is 0 Å². The van der Waals surface area contributed by atoms with E-state index in [1.165, 1.54) is 4.90 Å². The molecule has 1 aromatic rings. The van der Waals surface area contributed by atoms with Gasteiger partial charge >= 0.3 is 0 Å². The molecule has 2 N–H and O–H groups in total. The lowest BCUT2D eigenvalue weighted by Gasteiger charge is -2.29. The van der Waals surface area contributed by atoms with E-state index in [4.69, 9.17) is 9.47 Å². The second-order valence-electron chi connectivity index (χ2n) is 8.41. The molecule has 0 aliphatic carbocycles. The van der Waals surface area contributed by atoms with E-state index in [-0.39, 0.29) is 43.0 Å². The summed E-state index contributed by atoms with van der Waals surface area (Å²) in [4.78, 5) is 55.0. The minimum atomic E-state index is -1.09. The van der Waals surface area contributed by atoms with E-state index >= 15 is 0 Å². The maximum Gasteiger partial charge on any atom is 0.255 e. The number of amides is 4. The lowest BCUT2D eigenvalue weighted by Crippen LogP contribution is -2.54. The fourth-order valence-electron chi connectivity index (χ4n) is 4.19. The zero-order chi connectivity index (χ0) is 24.0. The summed E-state index contributed by atoms with van der Waals surface area (Å²) in [7, 11) is 3.19. The van der Waals surface area contributed by atoms with Crippen LogP contribution in [0.4, 0.5) is 0 Å². The van der Waals surface area contributed by atoms with Gasteiger partial charge in [0.2, 0.25) is 17.7 Å². The molecule has 1 fully saturated rings. The van der Waals surface area contributed by atoms with Crippen LogP contribution in [-0.2, 0) is 19.1 Å². The van der Waals surface area contributed by atoms with Crippen molar-refractivity contribution in [2.45, 2.75) is 44.3 Å². The van der Waals surface area contributed by atoms with Crippen molar-refractivity contribution in [1.82, 2.24) is 20.4 Å². The molecular formula is C23H32N4O6. The minimum absolute atomic E-state index is 0.111. The van der Waals surface area contributed by atoms with E-state index in [1.807, 2.05) is 0 Å². The number of fused-ring (bicyclic) bond motifs is 1. The molecule has 0 aromatic heterocycles. The van der Waals surface area contributed by atoms with Gasteiger partial charge in [-0.15, -0.1) is 0 Å². The van der Waals surface area contributed by atoms with E-state index < -0.39 is 23.9 Å². The Kier molecular flexibility index (Phi) is 8.26. The first kappa shape index (κ1) is 24.5. The number of benzene rings is 1. The number of para-hydroxylation sites is 1. The third-order valence-corrected chi connectivity index (χ3v) is 5.95. The number of hydrogen-bond donors (Lipinski definition) is 2. The van der Waals surface area contributed by atoms with E-state index in [1.54, 1.807) is 50.2 Å². The van der Waals surface area contributed by atoms with Crippen LogP contribution in [0.3, 0.4) is 0 Å². The van der Waals surface area contributed by atoms with Gasteiger partial charge in [0.25, 0.3) is 5.91 Å². The minimum Gasteiger partial charge on any atom is -0.491 e. The van der Waals surface area contributed by atoms with Crippen LogP contribution in [0, 0.1) is 0 Å². The Balaban J connectivity index is 1.90. The molecule has 2 aliphatic heterocycles. The second-order valence-corrected chi connectivity index (χ2v) is 8.41. The smallest absolute Gasteiger partial charge is 0.255 e. The Hall–Kier alpha value is -3.14. The van der Waals surface area contributed by atoms with E-state index in [9.17, 15) is 19.2 Å². The van der Waals surface area contributed by atoms with Crippen LogP contribution >= 0.6 is 0 Å². The van der Waals surface area contributed by atoms with Gasteiger partial charge in [0, 0.05) is 20.7 Å². The number of nitrogens with one attached hydrogen (secondary N) is 2. The number of hydrogen-bond acceptors (Lipinski definition) is 6. The molecule has 10 nitrogen and oxygen atoms in total. The Morgan fingerprint density at radius 3 is 2.70 bits per heavy atom. The Morgan fingerprint density at radius 1 is 1.18 bits per heavy atom. The quantitative estimate of drug-likeness (QED) is 0.664. The molecule has 1 saturated heterocycles. The van der Waals surface area contributed by atoms with Crippen LogP contribution < -0.4 is 15.4 Å². The maximum absolute atomic E-state index is 13.4. The summed E-state index contributed by atoms with van der Waals surface area (Å²) in [5, 5.41) is 5.37. The molecule has 2 aliphatic rings. The average molecular weight is 461 g/mol. The van der Waals surface area contributed by atoms with Gasteiger partial charge in [0.05, 0.1) is 31.2 Å². The Bertz CT molecular complexity index is 891. The summed E-state index contributed by atoms with van der Waals surface area (Å²) in [6.07, 6.45) is 1.33. The number of likely N-dealkylation sites (N-methyl/N-ethyl adjacent to an activating group) is 1. The summed E-state index contributed by atoms with van der Waals surface area (Å²) < 4.78 is 11.0. The maximum atomic E-state index is 13.4. The molecule has 10 heteroatoms. The monoisotopic (exact) mass is 460 g/mol. The van der Waals surface area contributed by atoms with Crippen LogP contribution in [0.15, 0.2) is 24.3 Å². The molecule has 4 amide bonds. The number of likely N-dealkylation sites (tertiary alicyclic amines) is 1. The van der Waals surface area contributed by atoms with Gasteiger partial charge in [-0.05, 0) is 31.9 Å². The van der Waals surface area contributed by atoms with Gasteiger partial charge in [0.15, 0.2) is 0 Å². The molecule has 2 heterocycles. The summed E-state index contributed by atoms with van der Waals surface area (Å²) in [5.74, 6) is -1.28. The van der Waals surface area contributed by atoms with Crippen LogP contribution in [0.25, 0.3) is 0 Å². The molecule has 0 radical (unpaired) electrons. The number of rotatable bonds is 3. The van der Waals surface area contributed by atoms with Gasteiger partial charge in [-0.1, -0.05) is 12.1 Å². The third-order valence-electron chi connectivity index (χ3n) is 5.95. The Labute approximate surface area is 193 Å². The van der Waals surface area contributed by atoms with Gasteiger partial charge in [-0.3, -0.25) is 19.2 Å². The molecule has 180 valence electrons. The van der Waals surface area contributed by atoms with Gasteiger partial charge in [-0.2, -0.15) is 0 Å². The number of methoxy groups -OCH3 is 1. The fraction of sp³-hybridized carbons (Fsp3) is 0.565. The summed E-state index contributed by atoms with van der Waals surface area (Å²) in [6, 6.07) is 4.70. The molecule has 1 aromatic carbocycles. The van der Waals surface area contributed by atoms with Gasteiger partial charge < -0.3 is 29.9 Å². The normalized spacial score (nSPS) is 24.9. The molecule has 0 spiro atoms. The number of nitrogens with zero attached hydrogens (tertiary/aromatic N) is 2.